The number of methoxy groups -OCH3 is 1. The van der Waals surface area contributed by atoms with E-state index in [2.05, 4.69) is 4.98 Å². The van der Waals surface area contributed by atoms with Crippen LogP contribution >= 0.6 is 11.6 Å². The summed E-state index contributed by atoms with van der Waals surface area (Å²) in [7, 11) is 1.58. The maximum Gasteiger partial charge on any atom is 0.257 e. The number of aryl methyl sites for hydroxylation is 2. The largest absolute Gasteiger partial charge is 0.496 e. The molecule has 0 amide bonds. The Hall–Kier alpha value is -1.48. The van der Waals surface area contributed by atoms with Crippen molar-refractivity contribution in [2.45, 2.75) is 13.8 Å². The monoisotopic (exact) mass is 237 g/mol. The van der Waals surface area contributed by atoms with Crippen molar-refractivity contribution in [3.8, 4) is 5.75 Å². The van der Waals surface area contributed by atoms with Crippen LogP contribution < -0.4 is 10.3 Å². The van der Waals surface area contributed by atoms with Crippen molar-refractivity contribution >= 4 is 22.4 Å². The molecule has 16 heavy (non-hydrogen) atoms. The number of aromatic nitrogens is 1. The molecule has 0 fully saturated rings. The molecule has 0 atom stereocenters. The third-order valence-corrected chi connectivity index (χ3v) is 3.00. The highest BCUT2D eigenvalue weighted by Gasteiger charge is 2.11. The second kappa shape index (κ2) is 3.83. The fourth-order valence-corrected chi connectivity index (χ4v) is 2.04. The number of pyridine rings is 1. The van der Waals surface area contributed by atoms with Crippen molar-refractivity contribution < 1.29 is 4.74 Å². The standard InChI is InChI=1S/C12H12ClNO2/c1-6-4-9(16-3)8-5-10(13)14-12(15)11(8)7(6)2/h4-5H,1-3H3,(H,14,15). The summed E-state index contributed by atoms with van der Waals surface area (Å²) < 4.78 is 5.26. The highest BCUT2D eigenvalue weighted by atomic mass is 35.5. The van der Waals surface area contributed by atoms with Gasteiger partial charge in [0.05, 0.1) is 12.5 Å². The summed E-state index contributed by atoms with van der Waals surface area (Å²) >= 11 is 5.83. The molecule has 1 aromatic heterocycles. The minimum absolute atomic E-state index is 0.179. The molecule has 1 heterocycles. The van der Waals surface area contributed by atoms with Gasteiger partial charge in [-0.1, -0.05) is 11.6 Å². The van der Waals surface area contributed by atoms with Crippen LogP contribution in [0.2, 0.25) is 5.15 Å². The number of ether oxygens (including phenoxy) is 1. The Balaban J connectivity index is 3.05. The normalized spacial score (nSPS) is 10.8. The predicted octanol–water partition coefficient (Wildman–Crippen LogP) is 2.81. The van der Waals surface area contributed by atoms with E-state index in [9.17, 15) is 4.79 Å². The van der Waals surface area contributed by atoms with E-state index in [-0.39, 0.29) is 5.56 Å². The van der Waals surface area contributed by atoms with Crippen LogP contribution in [0.4, 0.5) is 0 Å². The van der Waals surface area contributed by atoms with Gasteiger partial charge in [0.15, 0.2) is 0 Å². The predicted molar refractivity (Wildman–Crippen MR) is 65.6 cm³/mol. The third-order valence-electron chi connectivity index (χ3n) is 2.80. The van der Waals surface area contributed by atoms with Crippen LogP contribution in [0.1, 0.15) is 11.1 Å². The van der Waals surface area contributed by atoms with Crippen LogP contribution in [-0.2, 0) is 0 Å². The van der Waals surface area contributed by atoms with E-state index >= 15 is 0 Å². The van der Waals surface area contributed by atoms with Crippen molar-refractivity contribution in [3.63, 3.8) is 0 Å². The molecule has 0 aliphatic heterocycles. The van der Waals surface area contributed by atoms with E-state index in [4.69, 9.17) is 16.3 Å². The minimum atomic E-state index is -0.179. The molecule has 0 spiro atoms. The molecule has 3 nitrogen and oxygen atoms in total. The van der Waals surface area contributed by atoms with Crippen LogP contribution in [0.25, 0.3) is 10.8 Å². The molecule has 1 aromatic carbocycles. The van der Waals surface area contributed by atoms with E-state index in [1.165, 1.54) is 0 Å². The Labute approximate surface area is 98.0 Å². The van der Waals surface area contributed by atoms with E-state index in [1.807, 2.05) is 19.9 Å². The van der Waals surface area contributed by atoms with Crippen LogP contribution in [0.15, 0.2) is 16.9 Å². The maximum absolute atomic E-state index is 11.8. The van der Waals surface area contributed by atoms with Gasteiger partial charge >= 0.3 is 0 Å². The Kier molecular flexibility index (Phi) is 2.64. The molecule has 0 radical (unpaired) electrons. The van der Waals surface area contributed by atoms with Crippen LogP contribution in [0, 0.1) is 13.8 Å². The Morgan fingerprint density at radius 1 is 1.31 bits per heavy atom. The fourth-order valence-electron chi connectivity index (χ4n) is 1.84. The molecule has 1 N–H and O–H groups in total. The number of nitrogens with one attached hydrogen (secondary N) is 1. The number of hydrogen-bond acceptors (Lipinski definition) is 2. The van der Waals surface area contributed by atoms with Crippen molar-refractivity contribution in [2.75, 3.05) is 7.11 Å². The number of halogens is 1. The summed E-state index contributed by atoms with van der Waals surface area (Å²) in [5, 5.41) is 1.71. The first-order chi connectivity index (χ1) is 7.54. The zero-order valence-corrected chi connectivity index (χ0v) is 10.1. The smallest absolute Gasteiger partial charge is 0.257 e. The molecule has 0 saturated heterocycles. The lowest BCUT2D eigenvalue weighted by molar-refractivity contribution is 0.419. The lowest BCUT2D eigenvalue weighted by atomic mass is 10.0. The third kappa shape index (κ3) is 1.57. The molecule has 0 unspecified atom stereocenters. The number of fused-ring (bicyclic) bond motifs is 1. The van der Waals surface area contributed by atoms with Gasteiger partial charge in [-0.15, -0.1) is 0 Å². The lowest BCUT2D eigenvalue weighted by Gasteiger charge is -2.10. The zero-order valence-electron chi connectivity index (χ0n) is 9.35. The summed E-state index contributed by atoms with van der Waals surface area (Å²) in [5.41, 5.74) is 1.80. The van der Waals surface area contributed by atoms with E-state index in [0.29, 0.717) is 16.3 Å². The lowest BCUT2D eigenvalue weighted by Crippen LogP contribution is -2.08. The zero-order chi connectivity index (χ0) is 11.9. The summed E-state index contributed by atoms with van der Waals surface area (Å²) in [4.78, 5) is 14.4. The molecule has 0 saturated carbocycles. The number of hydrogen-bond donors (Lipinski definition) is 1. The highest BCUT2D eigenvalue weighted by Crippen LogP contribution is 2.29. The molecule has 0 aliphatic carbocycles. The van der Waals surface area contributed by atoms with E-state index in [0.717, 1.165) is 16.5 Å². The first-order valence-corrected chi connectivity index (χ1v) is 5.29. The fraction of sp³-hybridized carbons (Fsp3) is 0.250. The molecule has 0 bridgehead atoms. The molecule has 2 aromatic rings. The second-order valence-electron chi connectivity index (χ2n) is 3.76. The van der Waals surface area contributed by atoms with Gasteiger partial charge in [-0.05, 0) is 37.1 Å². The molecular formula is C12H12ClNO2. The number of benzene rings is 1. The summed E-state index contributed by atoms with van der Waals surface area (Å²) in [6, 6.07) is 3.62. The molecular weight excluding hydrogens is 226 g/mol. The van der Waals surface area contributed by atoms with Crippen molar-refractivity contribution in [1.82, 2.24) is 4.98 Å². The topological polar surface area (TPSA) is 42.1 Å². The summed E-state index contributed by atoms with van der Waals surface area (Å²) in [6.07, 6.45) is 0. The minimum Gasteiger partial charge on any atom is -0.496 e. The first-order valence-electron chi connectivity index (χ1n) is 4.91. The van der Waals surface area contributed by atoms with Crippen molar-refractivity contribution in [2.24, 2.45) is 0 Å². The van der Waals surface area contributed by atoms with Gasteiger partial charge in [0.2, 0.25) is 0 Å². The van der Waals surface area contributed by atoms with E-state index in [1.54, 1.807) is 13.2 Å². The van der Waals surface area contributed by atoms with Crippen LogP contribution in [0.5, 0.6) is 5.75 Å². The summed E-state index contributed by atoms with van der Waals surface area (Å²) in [5.74, 6) is 0.672. The SMILES string of the molecule is COc1cc(C)c(C)c2c(=O)[nH]c(Cl)cc12. The average molecular weight is 238 g/mol. The molecule has 4 heteroatoms. The number of rotatable bonds is 1. The quantitative estimate of drug-likeness (QED) is 0.775. The molecule has 84 valence electrons. The van der Waals surface area contributed by atoms with Gasteiger partial charge in [0.25, 0.3) is 5.56 Å². The van der Waals surface area contributed by atoms with Gasteiger partial charge in [-0.25, -0.2) is 0 Å². The average Bonchev–Trinajstić information content (AvgIpc) is 2.22. The number of H-pyrrole nitrogens is 1. The Morgan fingerprint density at radius 3 is 2.62 bits per heavy atom. The van der Waals surface area contributed by atoms with Gasteiger partial charge in [-0.2, -0.15) is 0 Å². The number of aromatic amines is 1. The van der Waals surface area contributed by atoms with Gasteiger partial charge < -0.3 is 9.72 Å². The Bertz CT molecular complexity index is 616. The highest BCUT2D eigenvalue weighted by molar-refractivity contribution is 6.30. The molecule has 2 rings (SSSR count). The van der Waals surface area contributed by atoms with Gasteiger partial charge in [0, 0.05) is 5.39 Å². The van der Waals surface area contributed by atoms with Gasteiger partial charge in [-0.3, -0.25) is 4.79 Å². The van der Waals surface area contributed by atoms with Gasteiger partial charge in [0.1, 0.15) is 10.9 Å². The second-order valence-corrected chi connectivity index (χ2v) is 4.16. The Morgan fingerprint density at radius 2 is 2.00 bits per heavy atom. The van der Waals surface area contributed by atoms with Crippen LogP contribution in [0.3, 0.4) is 0 Å². The summed E-state index contributed by atoms with van der Waals surface area (Å²) in [6.45, 7) is 3.87. The van der Waals surface area contributed by atoms with Crippen LogP contribution in [-0.4, -0.2) is 12.1 Å². The first kappa shape index (κ1) is 11.0. The maximum atomic E-state index is 11.8. The van der Waals surface area contributed by atoms with Crippen molar-refractivity contribution in [1.29, 1.82) is 0 Å². The van der Waals surface area contributed by atoms with E-state index < -0.39 is 0 Å². The molecule has 0 aliphatic rings. The van der Waals surface area contributed by atoms with Crippen molar-refractivity contribution in [3.05, 3.63) is 38.8 Å².